The molecule has 9 heteroatoms. The molecule has 0 aliphatic heterocycles. The largest absolute Gasteiger partial charge is 0.331 e. The minimum Gasteiger partial charge on any atom is -0.306 e. The molecule has 33 heavy (non-hydrogen) atoms. The summed E-state index contributed by atoms with van der Waals surface area (Å²) in [6, 6.07) is 8.56. The van der Waals surface area contributed by atoms with E-state index in [1.807, 2.05) is 32.3 Å². The molecule has 4 rings (SSSR count). The summed E-state index contributed by atoms with van der Waals surface area (Å²) in [6.45, 7) is 7.63. The van der Waals surface area contributed by atoms with Crippen molar-refractivity contribution in [3.05, 3.63) is 47.6 Å². The van der Waals surface area contributed by atoms with E-state index in [0.717, 1.165) is 31.4 Å². The van der Waals surface area contributed by atoms with Gasteiger partial charge >= 0.3 is 7.60 Å². The molecule has 1 aliphatic rings. The van der Waals surface area contributed by atoms with Gasteiger partial charge in [0.25, 0.3) is 0 Å². The molecule has 0 atom stereocenters. The maximum absolute atomic E-state index is 13.2. The maximum atomic E-state index is 13.2. The van der Waals surface area contributed by atoms with E-state index in [-0.39, 0.29) is 12.2 Å². The van der Waals surface area contributed by atoms with E-state index in [1.165, 1.54) is 11.9 Å². The Kier molecular flexibility index (Phi) is 7.54. The number of fused-ring (bicyclic) bond motifs is 1. The van der Waals surface area contributed by atoms with Gasteiger partial charge in [0, 0.05) is 5.69 Å². The van der Waals surface area contributed by atoms with Crippen LogP contribution in [0.15, 0.2) is 36.9 Å². The predicted molar refractivity (Wildman–Crippen MR) is 131 cm³/mol. The summed E-state index contributed by atoms with van der Waals surface area (Å²) in [4.78, 5) is 12.7. The van der Waals surface area contributed by atoms with Crippen LogP contribution in [0.3, 0.4) is 0 Å². The highest BCUT2D eigenvalue weighted by Crippen LogP contribution is 2.54. The van der Waals surface area contributed by atoms with E-state index in [4.69, 9.17) is 20.6 Å². The lowest BCUT2D eigenvalue weighted by molar-refractivity contribution is 0.138. The second kappa shape index (κ2) is 10.2. The molecule has 0 N–H and O–H groups in total. The Hall–Kier alpha value is -1.79. The third kappa shape index (κ3) is 5.83. The van der Waals surface area contributed by atoms with E-state index in [1.54, 1.807) is 6.33 Å². The van der Waals surface area contributed by atoms with Gasteiger partial charge in [-0.1, -0.05) is 23.7 Å². The van der Waals surface area contributed by atoms with Crippen LogP contribution < -0.4 is 0 Å². The maximum Gasteiger partial charge on any atom is 0.331 e. The summed E-state index contributed by atoms with van der Waals surface area (Å²) in [5.41, 5.74) is 3.61. The first-order chi connectivity index (χ1) is 15.7. The van der Waals surface area contributed by atoms with Gasteiger partial charge in [-0.15, -0.1) is 0 Å². The molecule has 1 saturated carbocycles. The molecule has 0 unspecified atom stereocenters. The number of rotatable bonds is 8. The highest BCUT2D eigenvalue weighted by atomic mass is 35.5. The van der Waals surface area contributed by atoms with Gasteiger partial charge in [0.2, 0.25) is 0 Å². The Morgan fingerprint density at radius 3 is 2.24 bits per heavy atom. The average molecular weight is 491 g/mol. The van der Waals surface area contributed by atoms with E-state index >= 15 is 0 Å². The van der Waals surface area contributed by atoms with Crippen molar-refractivity contribution in [3.63, 3.8) is 0 Å². The molecule has 1 fully saturated rings. The lowest BCUT2D eigenvalue weighted by atomic mass is 9.79. The third-order valence-corrected chi connectivity index (χ3v) is 8.73. The van der Waals surface area contributed by atoms with Crippen molar-refractivity contribution < 1.29 is 13.6 Å². The molecular formula is C24H32ClN4O3P. The fourth-order valence-corrected chi connectivity index (χ4v) is 7.33. The van der Waals surface area contributed by atoms with Gasteiger partial charge in [0.05, 0.1) is 18.4 Å². The molecule has 0 bridgehead atoms. The number of imidazole rings is 1. The Morgan fingerprint density at radius 1 is 1.00 bits per heavy atom. The topological polar surface area (TPSA) is 79.1 Å². The lowest BCUT2D eigenvalue weighted by Gasteiger charge is -2.32. The van der Waals surface area contributed by atoms with Crippen LogP contribution >= 0.6 is 19.2 Å². The van der Waals surface area contributed by atoms with Crippen LogP contribution in [0.25, 0.3) is 16.9 Å². The fraction of sp³-hybridized carbons (Fsp3) is 0.542. The van der Waals surface area contributed by atoms with Gasteiger partial charge in [0.15, 0.2) is 10.8 Å². The summed E-state index contributed by atoms with van der Waals surface area (Å²) in [6.07, 6.45) is 7.66. The van der Waals surface area contributed by atoms with Gasteiger partial charge < -0.3 is 9.05 Å². The second-order valence-corrected chi connectivity index (χ2v) is 11.7. The van der Waals surface area contributed by atoms with Crippen molar-refractivity contribution in [2.24, 2.45) is 5.92 Å². The molecule has 1 aromatic carbocycles. The van der Waals surface area contributed by atoms with Gasteiger partial charge in [-0.05, 0) is 82.9 Å². The van der Waals surface area contributed by atoms with Crippen LogP contribution in [-0.2, 0) is 13.6 Å². The van der Waals surface area contributed by atoms with Crippen LogP contribution in [0.2, 0.25) is 5.15 Å². The first-order valence-corrected chi connectivity index (χ1v) is 13.7. The summed E-state index contributed by atoms with van der Waals surface area (Å²) in [5, 5.41) is 0.356. The molecule has 0 saturated heterocycles. The van der Waals surface area contributed by atoms with Gasteiger partial charge in [-0.2, -0.15) is 0 Å². The van der Waals surface area contributed by atoms with Gasteiger partial charge in [-0.3, -0.25) is 9.13 Å². The smallest absolute Gasteiger partial charge is 0.306 e. The Morgan fingerprint density at radius 2 is 1.64 bits per heavy atom. The molecule has 0 amide bonds. The van der Waals surface area contributed by atoms with Crippen molar-refractivity contribution >= 4 is 30.4 Å². The van der Waals surface area contributed by atoms with Crippen LogP contribution in [0.1, 0.15) is 64.9 Å². The molecule has 7 nitrogen and oxygen atoms in total. The van der Waals surface area contributed by atoms with Crippen molar-refractivity contribution in [2.75, 3.05) is 6.16 Å². The minimum absolute atomic E-state index is 0.112. The molecule has 3 aromatic rings. The first kappa shape index (κ1) is 24.3. The van der Waals surface area contributed by atoms with Crippen LogP contribution in [0, 0.1) is 5.92 Å². The average Bonchev–Trinajstić information content (AvgIpc) is 3.18. The van der Waals surface area contributed by atoms with E-state index in [0.29, 0.717) is 34.3 Å². The van der Waals surface area contributed by atoms with Crippen LogP contribution in [0.5, 0.6) is 0 Å². The first-order valence-electron chi connectivity index (χ1n) is 11.6. The summed E-state index contributed by atoms with van der Waals surface area (Å²) < 4.78 is 26.7. The van der Waals surface area contributed by atoms with E-state index in [2.05, 4.69) is 39.2 Å². The predicted octanol–water partition coefficient (Wildman–Crippen LogP) is 6.79. The molecule has 1 aliphatic carbocycles. The minimum atomic E-state index is -3.08. The summed E-state index contributed by atoms with van der Waals surface area (Å²) >= 11 is 6.13. The van der Waals surface area contributed by atoms with Crippen molar-refractivity contribution in [3.8, 4) is 5.69 Å². The normalized spacial score (nSPS) is 19.6. The van der Waals surface area contributed by atoms with Crippen LogP contribution in [0.4, 0.5) is 0 Å². The summed E-state index contributed by atoms with van der Waals surface area (Å²) in [7, 11) is -3.08. The standard InChI is InChI=1S/C24H32ClN4O3P/c1-16(2)31-33(30,32-17(3)4)13-18-5-7-19(8-6-18)20-9-11-21(12-10-20)29-15-28-22-23(25)26-14-27-24(22)29/h9-12,14-19H,5-8,13H2,1-4H3. The second-order valence-electron chi connectivity index (χ2n) is 9.36. The highest BCUT2D eigenvalue weighted by Gasteiger charge is 2.33. The van der Waals surface area contributed by atoms with Gasteiger partial charge in [0.1, 0.15) is 18.2 Å². The Bertz CT molecular complexity index is 1110. The molecule has 2 aromatic heterocycles. The van der Waals surface area contributed by atoms with Crippen LogP contribution in [-0.4, -0.2) is 37.9 Å². The molecule has 2 heterocycles. The molecular weight excluding hydrogens is 459 g/mol. The zero-order valence-corrected chi connectivity index (χ0v) is 21.3. The summed E-state index contributed by atoms with van der Waals surface area (Å²) in [5.74, 6) is 0.869. The monoisotopic (exact) mass is 490 g/mol. The number of hydrogen-bond acceptors (Lipinski definition) is 6. The molecule has 0 spiro atoms. The number of benzene rings is 1. The van der Waals surface area contributed by atoms with E-state index in [9.17, 15) is 4.57 Å². The zero-order chi connectivity index (χ0) is 23.6. The molecule has 178 valence electrons. The van der Waals surface area contributed by atoms with Gasteiger partial charge in [-0.25, -0.2) is 15.0 Å². The van der Waals surface area contributed by atoms with Crippen molar-refractivity contribution in [1.29, 1.82) is 0 Å². The van der Waals surface area contributed by atoms with E-state index < -0.39 is 7.60 Å². The fourth-order valence-electron chi connectivity index (χ4n) is 4.65. The third-order valence-electron chi connectivity index (χ3n) is 6.00. The molecule has 0 radical (unpaired) electrons. The highest BCUT2D eigenvalue weighted by molar-refractivity contribution is 7.53. The number of nitrogens with zero attached hydrogens (tertiary/aromatic N) is 4. The van der Waals surface area contributed by atoms with Crippen molar-refractivity contribution in [1.82, 2.24) is 19.5 Å². The quantitative estimate of drug-likeness (QED) is 0.255. The lowest BCUT2D eigenvalue weighted by Crippen LogP contribution is -2.20. The zero-order valence-electron chi connectivity index (χ0n) is 19.6. The number of hydrogen-bond donors (Lipinski definition) is 0. The number of aromatic nitrogens is 4. The Labute approximate surface area is 200 Å². The number of halogens is 1. The Balaban J connectivity index is 1.40. The SMILES string of the molecule is CC(C)OP(=O)(CC1CCC(c2ccc(-n3cnc4c(Cl)ncnc43)cc2)CC1)OC(C)C. The van der Waals surface area contributed by atoms with Crippen molar-refractivity contribution in [2.45, 2.75) is 71.5 Å².